The molecule has 0 radical (unpaired) electrons. The zero-order valence-electron chi connectivity index (χ0n) is 24.3. The van der Waals surface area contributed by atoms with Crippen LogP contribution in [0.15, 0.2) is 54.6 Å². The van der Waals surface area contributed by atoms with Crippen LogP contribution in [0.4, 0.5) is 9.59 Å². The van der Waals surface area contributed by atoms with Gasteiger partial charge >= 0.3 is 12.2 Å². The smallest absolute Gasteiger partial charge is 0.410 e. The van der Waals surface area contributed by atoms with Crippen molar-refractivity contribution in [2.75, 3.05) is 26.2 Å². The number of hydrogen-bond donors (Lipinski definition) is 1. The van der Waals surface area contributed by atoms with Crippen molar-refractivity contribution in [1.29, 1.82) is 0 Å². The van der Waals surface area contributed by atoms with E-state index in [4.69, 9.17) is 9.47 Å². The number of benzene rings is 3. The molecule has 0 aliphatic rings. The second-order valence-corrected chi connectivity index (χ2v) is 12.0. The van der Waals surface area contributed by atoms with Crippen LogP contribution in [0, 0.1) is 0 Å². The monoisotopic (exact) mass is 536 g/mol. The number of aliphatic hydroxyl groups is 1. The highest BCUT2D eigenvalue weighted by atomic mass is 16.6. The summed E-state index contributed by atoms with van der Waals surface area (Å²) in [5.41, 5.74) is -0.172. The Labute approximate surface area is 232 Å². The standard InChI is InChI=1S/C32H44N2O5/c1-31(2,3)38-29(36)33(18-11-12-21-35)19-13-20-34(30(37)39-32(4,5)6)23-28-26-16-9-7-14-24(26)22-25-15-8-10-17-27(25)28/h7-10,14-17,22,35H,11-13,18-21,23H2,1-6H3. The molecule has 3 aromatic rings. The number of hydrogen-bond acceptors (Lipinski definition) is 5. The predicted octanol–water partition coefficient (Wildman–Crippen LogP) is 7.13. The van der Waals surface area contributed by atoms with Gasteiger partial charge in [-0.05, 0) is 94.0 Å². The third-order valence-corrected chi connectivity index (χ3v) is 6.23. The molecule has 212 valence electrons. The molecule has 0 saturated carbocycles. The number of fused-ring (bicyclic) bond motifs is 2. The molecular formula is C32H44N2O5. The minimum absolute atomic E-state index is 0.0770. The molecule has 0 aliphatic carbocycles. The number of aliphatic hydroxyl groups excluding tert-OH is 1. The van der Waals surface area contributed by atoms with E-state index in [1.165, 1.54) is 0 Å². The zero-order valence-corrected chi connectivity index (χ0v) is 24.3. The van der Waals surface area contributed by atoms with E-state index in [0.29, 0.717) is 45.4 Å². The number of carbonyl (C=O) groups is 2. The Kier molecular flexibility index (Phi) is 10.2. The van der Waals surface area contributed by atoms with Gasteiger partial charge in [0.25, 0.3) is 0 Å². The lowest BCUT2D eigenvalue weighted by atomic mass is 9.96. The SMILES string of the molecule is CC(C)(C)OC(=O)N(CCCCO)CCCN(Cc1c2ccccc2cc2ccccc12)C(=O)OC(C)(C)C. The van der Waals surface area contributed by atoms with E-state index in [0.717, 1.165) is 27.1 Å². The highest BCUT2D eigenvalue weighted by Gasteiger charge is 2.25. The zero-order chi connectivity index (χ0) is 28.6. The predicted molar refractivity (Wildman–Crippen MR) is 157 cm³/mol. The molecule has 3 rings (SSSR count). The van der Waals surface area contributed by atoms with Crippen molar-refractivity contribution in [3.63, 3.8) is 0 Å². The average molecular weight is 537 g/mol. The maximum Gasteiger partial charge on any atom is 0.410 e. The van der Waals surface area contributed by atoms with Crippen LogP contribution in [-0.4, -0.2) is 64.5 Å². The van der Waals surface area contributed by atoms with Crippen molar-refractivity contribution < 1.29 is 24.2 Å². The number of carbonyl (C=O) groups excluding carboxylic acids is 2. The molecule has 0 saturated heterocycles. The van der Waals surface area contributed by atoms with Gasteiger partial charge < -0.3 is 24.4 Å². The van der Waals surface area contributed by atoms with E-state index in [1.807, 2.05) is 65.8 Å². The number of unbranched alkanes of at least 4 members (excludes halogenated alkanes) is 1. The molecule has 0 unspecified atom stereocenters. The maximum absolute atomic E-state index is 13.4. The van der Waals surface area contributed by atoms with Gasteiger partial charge in [0.2, 0.25) is 0 Å². The molecule has 1 N–H and O–H groups in total. The molecule has 39 heavy (non-hydrogen) atoms. The lowest BCUT2D eigenvalue weighted by Crippen LogP contribution is -2.41. The van der Waals surface area contributed by atoms with E-state index in [2.05, 4.69) is 30.3 Å². The minimum Gasteiger partial charge on any atom is -0.444 e. The summed E-state index contributed by atoms with van der Waals surface area (Å²) in [6.07, 6.45) is 1.07. The second-order valence-electron chi connectivity index (χ2n) is 12.0. The maximum atomic E-state index is 13.4. The normalized spacial score (nSPS) is 12.0. The molecule has 0 aliphatic heterocycles. The summed E-state index contributed by atoms with van der Waals surface area (Å²) < 4.78 is 11.4. The van der Waals surface area contributed by atoms with Gasteiger partial charge in [0.05, 0.1) is 6.54 Å². The number of nitrogens with zero attached hydrogens (tertiary/aromatic N) is 2. The van der Waals surface area contributed by atoms with Gasteiger partial charge in [0.1, 0.15) is 11.2 Å². The molecule has 3 aromatic carbocycles. The molecular weight excluding hydrogens is 492 g/mol. The van der Waals surface area contributed by atoms with Crippen LogP contribution in [0.5, 0.6) is 0 Å². The molecule has 0 spiro atoms. The topological polar surface area (TPSA) is 79.3 Å². The fraction of sp³-hybridized carbons (Fsp3) is 0.500. The van der Waals surface area contributed by atoms with Crippen molar-refractivity contribution in [2.45, 2.75) is 78.6 Å². The van der Waals surface area contributed by atoms with Crippen molar-refractivity contribution in [1.82, 2.24) is 9.80 Å². The van der Waals surface area contributed by atoms with Gasteiger partial charge in [0.15, 0.2) is 0 Å². The molecule has 7 heteroatoms. The van der Waals surface area contributed by atoms with Gasteiger partial charge in [0, 0.05) is 26.2 Å². The lowest BCUT2D eigenvalue weighted by molar-refractivity contribution is 0.0193. The Morgan fingerprint density at radius 1 is 0.692 bits per heavy atom. The summed E-state index contributed by atoms with van der Waals surface area (Å²) in [4.78, 5) is 29.7. The molecule has 0 fully saturated rings. The van der Waals surface area contributed by atoms with Crippen LogP contribution in [0.1, 0.15) is 66.4 Å². The first-order valence-corrected chi connectivity index (χ1v) is 13.8. The van der Waals surface area contributed by atoms with Gasteiger partial charge in [-0.2, -0.15) is 0 Å². The number of rotatable bonds is 10. The van der Waals surface area contributed by atoms with Gasteiger partial charge in [-0.3, -0.25) is 0 Å². The molecule has 0 aromatic heterocycles. The van der Waals surface area contributed by atoms with Crippen LogP contribution >= 0.6 is 0 Å². The fourth-order valence-corrected chi connectivity index (χ4v) is 4.52. The highest BCUT2D eigenvalue weighted by Crippen LogP contribution is 2.30. The quantitative estimate of drug-likeness (QED) is 0.220. The second kappa shape index (κ2) is 13.2. The minimum atomic E-state index is -0.636. The average Bonchev–Trinajstić information content (AvgIpc) is 2.84. The lowest BCUT2D eigenvalue weighted by Gasteiger charge is -2.30. The fourth-order valence-electron chi connectivity index (χ4n) is 4.52. The third kappa shape index (κ3) is 9.13. The van der Waals surface area contributed by atoms with Crippen LogP contribution in [0.2, 0.25) is 0 Å². The largest absolute Gasteiger partial charge is 0.444 e. The molecule has 7 nitrogen and oxygen atoms in total. The van der Waals surface area contributed by atoms with Crippen LogP contribution in [0.3, 0.4) is 0 Å². The van der Waals surface area contributed by atoms with Crippen molar-refractivity contribution in [3.8, 4) is 0 Å². The first-order chi connectivity index (χ1) is 18.4. The molecule has 0 atom stereocenters. The Morgan fingerprint density at radius 3 is 1.67 bits per heavy atom. The Balaban J connectivity index is 1.86. The van der Waals surface area contributed by atoms with E-state index in [1.54, 1.807) is 9.80 Å². The summed E-state index contributed by atoms with van der Waals surface area (Å²) in [5, 5.41) is 13.6. The number of ether oxygens (including phenoxy) is 2. The summed E-state index contributed by atoms with van der Waals surface area (Å²) >= 11 is 0. The molecule has 2 amide bonds. The van der Waals surface area contributed by atoms with E-state index < -0.39 is 11.2 Å². The van der Waals surface area contributed by atoms with Crippen LogP contribution in [0.25, 0.3) is 21.5 Å². The summed E-state index contributed by atoms with van der Waals surface area (Å²) in [7, 11) is 0. The van der Waals surface area contributed by atoms with Crippen molar-refractivity contribution in [3.05, 3.63) is 60.2 Å². The summed E-state index contributed by atoms with van der Waals surface area (Å²) in [5.74, 6) is 0. The van der Waals surface area contributed by atoms with Gasteiger partial charge in [-0.15, -0.1) is 0 Å². The van der Waals surface area contributed by atoms with Crippen LogP contribution in [-0.2, 0) is 16.0 Å². The van der Waals surface area contributed by atoms with Crippen molar-refractivity contribution in [2.24, 2.45) is 0 Å². The Hall–Kier alpha value is -3.32. The van der Waals surface area contributed by atoms with E-state index >= 15 is 0 Å². The summed E-state index contributed by atoms with van der Waals surface area (Å²) in [6, 6.07) is 18.6. The summed E-state index contributed by atoms with van der Waals surface area (Å²) in [6.45, 7) is 12.9. The van der Waals surface area contributed by atoms with E-state index in [-0.39, 0.29) is 18.8 Å². The first kappa shape index (κ1) is 30.2. The van der Waals surface area contributed by atoms with Gasteiger partial charge in [-0.1, -0.05) is 48.5 Å². The molecule has 0 bridgehead atoms. The van der Waals surface area contributed by atoms with Crippen molar-refractivity contribution >= 4 is 33.7 Å². The Morgan fingerprint density at radius 2 is 1.15 bits per heavy atom. The molecule has 0 heterocycles. The number of amides is 2. The van der Waals surface area contributed by atoms with E-state index in [9.17, 15) is 14.7 Å². The third-order valence-electron chi connectivity index (χ3n) is 6.23. The van der Waals surface area contributed by atoms with Crippen LogP contribution < -0.4 is 0 Å². The first-order valence-electron chi connectivity index (χ1n) is 13.8. The highest BCUT2D eigenvalue weighted by molar-refractivity contribution is 6.02. The Bertz CT molecular complexity index is 1200. The van der Waals surface area contributed by atoms with Gasteiger partial charge in [-0.25, -0.2) is 9.59 Å².